The number of rotatable bonds is 2. The highest BCUT2D eigenvalue weighted by Gasteiger charge is 2.35. The summed E-state index contributed by atoms with van der Waals surface area (Å²) in [6, 6.07) is 3.35. The highest BCUT2D eigenvalue weighted by atomic mass is 35.5. The summed E-state index contributed by atoms with van der Waals surface area (Å²) < 4.78 is 38.4. The Morgan fingerprint density at radius 1 is 1.14 bits per heavy atom. The van der Waals surface area contributed by atoms with Gasteiger partial charge in [0.05, 0.1) is 16.3 Å². The number of hydrogen-bond donors (Lipinski definition) is 0. The normalized spacial score (nSPS) is 19.5. The van der Waals surface area contributed by atoms with Gasteiger partial charge in [0.2, 0.25) is 5.91 Å². The smallest absolute Gasteiger partial charge is 0.367 e. The number of carbonyl (C=O) groups is 1. The van der Waals surface area contributed by atoms with Crippen LogP contribution in [-0.2, 0) is 11.0 Å². The average Bonchev–Trinajstić information content (AvgIpc) is 3.31. The van der Waals surface area contributed by atoms with Crippen LogP contribution in [0.5, 0.6) is 0 Å². The van der Waals surface area contributed by atoms with E-state index < -0.39 is 11.7 Å². The van der Waals surface area contributed by atoms with Crippen molar-refractivity contribution in [2.75, 3.05) is 31.1 Å². The minimum absolute atomic E-state index is 0.170. The molecule has 1 amide bonds. The van der Waals surface area contributed by atoms with E-state index in [4.69, 9.17) is 11.6 Å². The molecule has 2 aliphatic rings. The number of piperazine rings is 1. The fourth-order valence-electron chi connectivity index (χ4n) is 2.69. The van der Waals surface area contributed by atoms with Crippen molar-refractivity contribution in [3.63, 3.8) is 0 Å². The number of benzene rings is 1. The van der Waals surface area contributed by atoms with Crippen molar-refractivity contribution in [2.24, 2.45) is 5.92 Å². The summed E-state index contributed by atoms with van der Waals surface area (Å²) in [5.74, 6) is 0.346. The van der Waals surface area contributed by atoms with Gasteiger partial charge < -0.3 is 9.80 Å². The zero-order valence-electron chi connectivity index (χ0n) is 11.9. The molecule has 1 aromatic carbocycles. The van der Waals surface area contributed by atoms with Crippen LogP contribution < -0.4 is 4.90 Å². The number of carbonyl (C=O) groups excluding carboxylic acids is 1. The van der Waals surface area contributed by atoms with Crippen LogP contribution in [-0.4, -0.2) is 37.0 Å². The summed E-state index contributed by atoms with van der Waals surface area (Å²) >= 11 is 6.05. The van der Waals surface area contributed by atoms with Crippen LogP contribution in [0.4, 0.5) is 18.9 Å². The van der Waals surface area contributed by atoms with Gasteiger partial charge in [-0.1, -0.05) is 11.6 Å². The van der Waals surface area contributed by atoms with Crippen molar-refractivity contribution >= 4 is 23.2 Å². The van der Waals surface area contributed by atoms with Crippen LogP contribution in [0.2, 0.25) is 5.02 Å². The summed E-state index contributed by atoms with van der Waals surface area (Å²) in [6.07, 6.45) is -2.47. The number of nitrogens with zero attached hydrogens (tertiary/aromatic N) is 2. The van der Waals surface area contributed by atoms with E-state index in [1.807, 2.05) is 4.90 Å². The van der Waals surface area contributed by atoms with E-state index in [2.05, 4.69) is 0 Å². The largest absolute Gasteiger partial charge is 0.416 e. The maximum atomic E-state index is 12.8. The van der Waals surface area contributed by atoms with E-state index in [1.54, 1.807) is 4.90 Å². The minimum Gasteiger partial charge on any atom is -0.367 e. The second-order valence-electron chi connectivity index (χ2n) is 5.75. The first-order chi connectivity index (χ1) is 10.4. The zero-order valence-corrected chi connectivity index (χ0v) is 12.6. The first-order valence-corrected chi connectivity index (χ1v) is 7.64. The highest BCUT2D eigenvalue weighted by molar-refractivity contribution is 6.33. The van der Waals surface area contributed by atoms with Gasteiger partial charge in [0.25, 0.3) is 0 Å². The number of halogens is 4. The fourth-order valence-corrected chi connectivity index (χ4v) is 2.92. The van der Waals surface area contributed by atoms with Crippen LogP contribution in [0.15, 0.2) is 18.2 Å². The van der Waals surface area contributed by atoms with Crippen LogP contribution in [0.1, 0.15) is 18.4 Å². The van der Waals surface area contributed by atoms with Crippen molar-refractivity contribution in [3.05, 3.63) is 28.8 Å². The predicted octanol–water partition coefficient (Wildman–Crippen LogP) is 3.42. The van der Waals surface area contributed by atoms with E-state index >= 15 is 0 Å². The lowest BCUT2D eigenvalue weighted by atomic mass is 10.1. The fraction of sp³-hybridized carbons (Fsp3) is 0.533. The van der Waals surface area contributed by atoms with Gasteiger partial charge in [-0.2, -0.15) is 13.2 Å². The van der Waals surface area contributed by atoms with Gasteiger partial charge in [-0.05, 0) is 31.0 Å². The molecule has 7 heteroatoms. The van der Waals surface area contributed by atoms with Crippen molar-refractivity contribution in [3.8, 4) is 0 Å². The van der Waals surface area contributed by atoms with Gasteiger partial charge in [-0.25, -0.2) is 0 Å². The second kappa shape index (κ2) is 5.65. The number of anilines is 1. The molecule has 3 rings (SSSR count). The molecule has 2 fully saturated rings. The molecule has 1 aromatic rings. The van der Waals surface area contributed by atoms with Crippen LogP contribution >= 0.6 is 11.6 Å². The molecule has 0 bridgehead atoms. The van der Waals surface area contributed by atoms with Crippen molar-refractivity contribution in [2.45, 2.75) is 19.0 Å². The molecule has 1 saturated carbocycles. The Hall–Kier alpha value is -1.43. The molecule has 3 nitrogen and oxygen atoms in total. The molecule has 0 unspecified atom stereocenters. The van der Waals surface area contributed by atoms with Gasteiger partial charge in [-0.3, -0.25) is 4.79 Å². The summed E-state index contributed by atoms with van der Waals surface area (Å²) in [7, 11) is 0. The van der Waals surface area contributed by atoms with Gasteiger partial charge >= 0.3 is 6.18 Å². The van der Waals surface area contributed by atoms with Gasteiger partial charge in [-0.15, -0.1) is 0 Å². The summed E-state index contributed by atoms with van der Waals surface area (Å²) in [4.78, 5) is 15.6. The average molecular weight is 333 g/mol. The first kappa shape index (κ1) is 15.5. The standard InChI is InChI=1S/C15H16ClF3N2O/c16-12-4-3-11(15(17,18)19)9-13(12)20-5-7-21(8-6-20)14(22)10-1-2-10/h3-4,9-10H,1-2,5-8H2. The van der Waals surface area contributed by atoms with Crippen molar-refractivity contribution in [1.82, 2.24) is 4.90 Å². The quantitative estimate of drug-likeness (QED) is 0.828. The van der Waals surface area contributed by atoms with E-state index in [1.165, 1.54) is 6.07 Å². The second-order valence-corrected chi connectivity index (χ2v) is 6.16. The molecule has 1 heterocycles. The molecule has 1 aliphatic heterocycles. The molecule has 0 radical (unpaired) electrons. The summed E-state index contributed by atoms with van der Waals surface area (Å²) in [6.45, 7) is 2.06. The summed E-state index contributed by atoms with van der Waals surface area (Å²) in [5.41, 5.74) is -0.321. The number of alkyl halides is 3. The molecule has 0 atom stereocenters. The van der Waals surface area contributed by atoms with E-state index in [0.29, 0.717) is 36.9 Å². The first-order valence-electron chi connectivity index (χ1n) is 7.27. The number of amides is 1. The molecule has 0 spiro atoms. The van der Waals surface area contributed by atoms with Crippen LogP contribution in [0.25, 0.3) is 0 Å². The lowest BCUT2D eigenvalue weighted by molar-refractivity contribution is -0.137. The summed E-state index contributed by atoms with van der Waals surface area (Å²) in [5, 5.41) is 0.301. The monoisotopic (exact) mass is 332 g/mol. The molecule has 22 heavy (non-hydrogen) atoms. The maximum absolute atomic E-state index is 12.8. The molecule has 1 aliphatic carbocycles. The third kappa shape index (κ3) is 3.16. The van der Waals surface area contributed by atoms with Crippen molar-refractivity contribution < 1.29 is 18.0 Å². The lowest BCUT2D eigenvalue weighted by Crippen LogP contribution is -2.49. The topological polar surface area (TPSA) is 23.6 Å². The van der Waals surface area contributed by atoms with Crippen molar-refractivity contribution in [1.29, 1.82) is 0 Å². The maximum Gasteiger partial charge on any atom is 0.416 e. The van der Waals surface area contributed by atoms with Crippen LogP contribution in [0.3, 0.4) is 0 Å². The van der Waals surface area contributed by atoms with E-state index in [9.17, 15) is 18.0 Å². The molecular weight excluding hydrogens is 317 g/mol. The highest BCUT2D eigenvalue weighted by Crippen LogP contribution is 2.36. The minimum atomic E-state index is -4.39. The Morgan fingerprint density at radius 2 is 1.77 bits per heavy atom. The molecular formula is C15H16ClF3N2O. The van der Waals surface area contributed by atoms with E-state index in [0.717, 1.165) is 25.0 Å². The third-order valence-corrected chi connectivity index (χ3v) is 4.45. The van der Waals surface area contributed by atoms with Gasteiger partial charge in [0, 0.05) is 32.1 Å². The third-order valence-electron chi connectivity index (χ3n) is 4.13. The Morgan fingerprint density at radius 3 is 2.32 bits per heavy atom. The Bertz CT molecular complexity index is 579. The molecule has 0 N–H and O–H groups in total. The lowest BCUT2D eigenvalue weighted by Gasteiger charge is -2.36. The SMILES string of the molecule is O=C(C1CC1)N1CCN(c2cc(C(F)(F)F)ccc2Cl)CC1. The van der Waals surface area contributed by atoms with E-state index in [-0.39, 0.29) is 11.8 Å². The Kier molecular flexibility index (Phi) is 3.97. The number of hydrogen-bond acceptors (Lipinski definition) is 2. The van der Waals surface area contributed by atoms with Gasteiger partial charge in [0.15, 0.2) is 0 Å². The van der Waals surface area contributed by atoms with Gasteiger partial charge in [0.1, 0.15) is 0 Å². The predicted molar refractivity (Wildman–Crippen MR) is 78.0 cm³/mol. The Balaban J connectivity index is 1.71. The zero-order chi connectivity index (χ0) is 15.9. The Labute approximate surface area is 131 Å². The molecule has 1 saturated heterocycles. The molecule has 120 valence electrons. The molecule has 0 aromatic heterocycles. The van der Waals surface area contributed by atoms with Crippen LogP contribution in [0, 0.1) is 5.92 Å².